The summed E-state index contributed by atoms with van der Waals surface area (Å²) in [7, 11) is 0. The van der Waals surface area contributed by atoms with E-state index in [4.69, 9.17) is 27.6 Å². The SMILES string of the molecule is O=c1oc(-c2c(Cl)cccc2Cl)ns1. The van der Waals surface area contributed by atoms with Crippen molar-refractivity contribution in [3.05, 3.63) is 38.0 Å². The molecule has 3 nitrogen and oxygen atoms in total. The van der Waals surface area contributed by atoms with Gasteiger partial charge >= 0.3 is 4.94 Å². The van der Waals surface area contributed by atoms with Crippen LogP contribution >= 0.6 is 34.7 Å². The van der Waals surface area contributed by atoms with Crippen molar-refractivity contribution in [3.63, 3.8) is 0 Å². The van der Waals surface area contributed by atoms with Crippen LogP contribution in [0.3, 0.4) is 0 Å². The molecule has 1 aromatic carbocycles. The smallest absolute Gasteiger partial charge is 0.394 e. The average molecular weight is 248 g/mol. The largest absolute Gasteiger partial charge is 0.414 e. The van der Waals surface area contributed by atoms with E-state index in [-0.39, 0.29) is 5.89 Å². The first-order valence-electron chi connectivity index (χ1n) is 3.59. The van der Waals surface area contributed by atoms with Crippen LogP contribution in [0.1, 0.15) is 0 Å². The first kappa shape index (κ1) is 9.71. The summed E-state index contributed by atoms with van der Waals surface area (Å²) in [5.41, 5.74) is 0.453. The number of hydrogen-bond acceptors (Lipinski definition) is 4. The minimum Gasteiger partial charge on any atom is -0.394 e. The highest BCUT2D eigenvalue weighted by atomic mass is 35.5. The Labute approximate surface area is 93.1 Å². The third-order valence-electron chi connectivity index (χ3n) is 1.56. The fourth-order valence-electron chi connectivity index (χ4n) is 0.994. The maximum atomic E-state index is 10.8. The maximum Gasteiger partial charge on any atom is 0.414 e. The lowest BCUT2D eigenvalue weighted by molar-refractivity contribution is 0.543. The molecule has 14 heavy (non-hydrogen) atoms. The molecule has 2 aromatic rings. The molecule has 0 spiro atoms. The Hall–Kier alpha value is -0.840. The first-order valence-corrected chi connectivity index (χ1v) is 5.12. The van der Waals surface area contributed by atoms with E-state index in [1.807, 2.05) is 0 Å². The predicted octanol–water partition coefficient (Wildman–Crippen LogP) is 3.07. The molecule has 0 radical (unpaired) electrons. The molecule has 0 atom stereocenters. The van der Waals surface area contributed by atoms with Gasteiger partial charge in [-0.05, 0) is 12.1 Å². The van der Waals surface area contributed by atoms with Crippen LogP contribution in [-0.2, 0) is 0 Å². The van der Waals surface area contributed by atoms with Crippen molar-refractivity contribution in [3.8, 4) is 11.5 Å². The highest BCUT2D eigenvalue weighted by molar-refractivity contribution is 7.02. The first-order chi connectivity index (χ1) is 6.68. The third kappa shape index (κ3) is 1.68. The number of benzene rings is 1. The molecular formula is C8H3Cl2NO2S. The van der Waals surface area contributed by atoms with Gasteiger partial charge in [0, 0.05) is 0 Å². The van der Waals surface area contributed by atoms with Crippen LogP contribution in [0.5, 0.6) is 0 Å². The van der Waals surface area contributed by atoms with Gasteiger partial charge < -0.3 is 4.42 Å². The van der Waals surface area contributed by atoms with Gasteiger partial charge in [-0.2, -0.15) is 0 Å². The maximum absolute atomic E-state index is 10.8. The lowest BCUT2D eigenvalue weighted by Gasteiger charge is -2.00. The fourth-order valence-corrected chi connectivity index (χ4v) is 1.96. The minimum absolute atomic E-state index is 0.163. The van der Waals surface area contributed by atoms with E-state index >= 15 is 0 Å². The summed E-state index contributed by atoms with van der Waals surface area (Å²) < 4.78 is 8.62. The molecule has 0 N–H and O–H groups in total. The standard InChI is InChI=1S/C8H3Cl2NO2S/c9-4-2-1-3-5(10)6(4)7-11-14-8(12)13-7/h1-3H. The Morgan fingerprint density at radius 3 is 2.43 bits per heavy atom. The van der Waals surface area contributed by atoms with Crippen molar-refractivity contribution in [2.75, 3.05) is 0 Å². The molecule has 0 aliphatic carbocycles. The van der Waals surface area contributed by atoms with Crippen molar-refractivity contribution in [1.82, 2.24) is 4.37 Å². The van der Waals surface area contributed by atoms with Gasteiger partial charge in [-0.15, -0.1) is 4.37 Å². The monoisotopic (exact) mass is 247 g/mol. The molecular weight excluding hydrogens is 245 g/mol. The van der Waals surface area contributed by atoms with Crippen LogP contribution < -0.4 is 4.94 Å². The molecule has 6 heteroatoms. The Morgan fingerprint density at radius 2 is 1.93 bits per heavy atom. The normalized spacial score (nSPS) is 10.4. The summed E-state index contributed by atoms with van der Waals surface area (Å²) in [5, 5.41) is 0.818. The van der Waals surface area contributed by atoms with E-state index in [0.717, 1.165) is 11.5 Å². The second-order valence-electron chi connectivity index (χ2n) is 2.44. The van der Waals surface area contributed by atoms with Crippen molar-refractivity contribution in [1.29, 1.82) is 0 Å². The topological polar surface area (TPSA) is 43.1 Å². The van der Waals surface area contributed by atoms with Crippen molar-refractivity contribution in [2.24, 2.45) is 0 Å². The van der Waals surface area contributed by atoms with Gasteiger partial charge in [0.1, 0.15) is 0 Å². The third-order valence-corrected chi connectivity index (χ3v) is 2.68. The van der Waals surface area contributed by atoms with Gasteiger partial charge in [-0.3, -0.25) is 0 Å². The number of aromatic nitrogens is 1. The lowest BCUT2D eigenvalue weighted by Crippen LogP contribution is -1.84. The molecule has 0 aliphatic rings. The Bertz CT molecular complexity index is 500. The summed E-state index contributed by atoms with van der Waals surface area (Å²) in [6.07, 6.45) is 0. The quantitative estimate of drug-likeness (QED) is 0.778. The summed E-state index contributed by atoms with van der Waals surface area (Å²) in [4.78, 5) is 10.3. The summed E-state index contributed by atoms with van der Waals surface area (Å²) in [5.74, 6) is 0.163. The molecule has 0 aliphatic heterocycles. The van der Waals surface area contributed by atoms with Gasteiger partial charge in [-0.25, -0.2) is 4.79 Å². The number of nitrogens with zero attached hydrogens (tertiary/aromatic N) is 1. The lowest BCUT2D eigenvalue weighted by atomic mass is 10.2. The average Bonchev–Trinajstić information content (AvgIpc) is 2.51. The van der Waals surface area contributed by atoms with Crippen LogP contribution in [0.4, 0.5) is 0 Å². The van der Waals surface area contributed by atoms with E-state index in [1.54, 1.807) is 18.2 Å². The van der Waals surface area contributed by atoms with Crippen LogP contribution in [0.25, 0.3) is 11.5 Å². The molecule has 0 saturated heterocycles. The van der Waals surface area contributed by atoms with E-state index in [1.165, 1.54) is 0 Å². The van der Waals surface area contributed by atoms with Crippen LogP contribution in [0, 0.1) is 0 Å². The Kier molecular flexibility index (Phi) is 2.58. The van der Waals surface area contributed by atoms with Gasteiger partial charge in [0.2, 0.25) is 5.89 Å². The van der Waals surface area contributed by atoms with E-state index < -0.39 is 4.94 Å². The van der Waals surface area contributed by atoms with Crippen LogP contribution in [0.2, 0.25) is 10.0 Å². The van der Waals surface area contributed by atoms with E-state index in [2.05, 4.69) is 4.37 Å². The molecule has 72 valence electrons. The zero-order chi connectivity index (χ0) is 10.1. The van der Waals surface area contributed by atoms with Gasteiger partial charge in [0.15, 0.2) is 0 Å². The molecule has 0 amide bonds. The van der Waals surface area contributed by atoms with Crippen molar-refractivity contribution in [2.45, 2.75) is 0 Å². The fraction of sp³-hybridized carbons (Fsp3) is 0. The molecule has 0 unspecified atom stereocenters. The summed E-state index contributed by atoms with van der Waals surface area (Å²) in [6, 6.07) is 5.02. The van der Waals surface area contributed by atoms with Crippen molar-refractivity contribution < 1.29 is 4.42 Å². The van der Waals surface area contributed by atoms with Gasteiger partial charge in [-0.1, -0.05) is 29.3 Å². The Morgan fingerprint density at radius 1 is 1.29 bits per heavy atom. The van der Waals surface area contributed by atoms with Gasteiger partial charge in [0.25, 0.3) is 0 Å². The van der Waals surface area contributed by atoms with E-state index in [9.17, 15) is 4.79 Å². The summed E-state index contributed by atoms with van der Waals surface area (Å²) in [6.45, 7) is 0. The minimum atomic E-state index is -0.476. The Balaban J connectivity index is 2.67. The molecule has 2 rings (SSSR count). The molecule has 1 aromatic heterocycles. The second kappa shape index (κ2) is 3.73. The molecule has 0 fully saturated rings. The number of halogens is 2. The highest BCUT2D eigenvalue weighted by Crippen LogP contribution is 2.32. The summed E-state index contributed by atoms with van der Waals surface area (Å²) >= 11 is 12.5. The molecule has 0 bridgehead atoms. The molecule has 0 saturated carbocycles. The molecule has 1 heterocycles. The van der Waals surface area contributed by atoms with Crippen LogP contribution in [-0.4, -0.2) is 4.37 Å². The van der Waals surface area contributed by atoms with Crippen LogP contribution in [0.15, 0.2) is 27.4 Å². The van der Waals surface area contributed by atoms with Gasteiger partial charge in [0.05, 0.1) is 27.1 Å². The number of rotatable bonds is 1. The zero-order valence-electron chi connectivity index (χ0n) is 6.66. The zero-order valence-corrected chi connectivity index (χ0v) is 8.99. The highest BCUT2D eigenvalue weighted by Gasteiger charge is 2.13. The van der Waals surface area contributed by atoms with E-state index in [0.29, 0.717) is 15.6 Å². The van der Waals surface area contributed by atoms with Crippen molar-refractivity contribution >= 4 is 34.7 Å². The number of hydrogen-bond donors (Lipinski definition) is 0. The second-order valence-corrected chi connectivity index (χ2v) is 3.95. The predicted molar refractivity (Wildman–Crippen MR) is 56.1 cm³/mol.